The van der Waals surface area contributed by atoms with Crippen LogP contribution >= 0.6 is 11.6 Å². The van der Waals surface area contributed by atoms with Gasteiger partial charge in [-0.1, -0.05) is 17.7 Å². The first-order chi connectivity index (χ1) is 14.3. The largest absolute Gasteiger partial charge is 0.507 e. The summed E-state index contributed by atoms with van der Waals surface area (Å²) >= 11 is 5.86. The number of rotatable bonds is 6. The second-order valence-corrected chi connectivity index (χ2v) is 7.12. The summed E-state index contributed by atoms with van der Waals surface area (Å²) in [7, 11) is 1.41. The van der Waals surface area contributed by atoms with Crippen LogP contribution in [0.5, 0.6) is 17.2 Å². The number of benzene rings is 2. The van der Waals surface area contributed by atoms with Gasteiger partial charge in [-0.05, 0) is 48.9 Å². The molecule has 0 radical (unpaired) electrons. The van der Waals surface area contributed by atoms with Crippen LogP contribution in [-0.4, -0.2) is 23.2 Å². The first-order valence-electron chi connectivity index (χ1n) is 9.04. The predicted molar refractivity (Wildman–Crippen MR) is 113 cm³/mol. The SMILES string of the molecule is COc1ccc(C(CC(=O)Nc2ccc(Cl)cc2)c2c(O)cc(C)oc2=O)cc1O. The molecule has 0 spiro atoms. The van der Waals surface area contributed by atoms with Gasteiger partial charge in [-0.3, -0.25) is 4.79 Å². The van der Waals surface area contributed by atoms with Gasteiger partial charge in [0.2, 0.25) is 5.91 Å². The van der Waals surface area contributed by atoms with Gasteiger partial charge in [0, 0.05) is 29.1 Å². The number of phenolic OH excluding ortho intramolecular Hbond substituents is 1. The minimum absolute atomic E-state index is 0.0728. The Morgan fingerprint density at radius 1 is 1.13 bits per heavy atom. The number of carbonyl (C=O) groups is 1. The third-order valence-corrected chi connectivity index (χ3v) is 4.81. The highest BCUT2D eigenvalue weighted by atomic mass is 35.5. The number of phenols is 1. The average Bonchev–Trinajstić information content (AvgIpc) is 2.68. The average molecular weight is 430 g/mol. The number of ether oxygens (including phenoxy) is 1. The van der Waals surface area contributed by atoms with Crippen LogP contribution in [0.3, 0.4) is 0 Å². The number of halogens is 1. The van der Waals surface area contributed by atoms with Gasteiger partial charge in [0.05, 0.1) is 12.7 Å². The van der Waals surface area contributed by atoms with Gasteiger partial charge < -0.3 is 24.7 Å². The van der Waals surface area contributed by atoms with Crippen LogP contribution in [0, 0.1) is 6.92 Å². The highest BCUT2D eigenvalue weighted by Gasteiger charge is 2.26. The van der Waals surface area contributed by atoms with Crippen LogP contribution in [0.2, 0.25) is 5.02 Å². The van der Waals surface area contributed by atoms with E-state index in [0.29, 0.717) is 16.3 Å². The summed E-state index contributed by atoms with van der Waals surface area (Å²) in [5, 5.41) is 23.8. The lowest BCUT2D eigenvalue weighted by Gasteiger charge is -2.19. The molecule has 1 aromatic heterocycles. The summed E-state index contributed by atoms with van der Waals surface area (Å²) in [5.74, 6) is -1.24. The molecule has 1 heterocycles. The predicted octanol–water partition coefficient (Wildman–Crippen LogP) is 4.18. The van der Waals surface area contributed by atoms with Crippen LogP contribution in [0.15, 0.2) is 57.7 Å². The van der Waals surface area contributed by atoms with Gasteiger partial charge in [-0.15, -0.1) is 0 Å². The van der Waals surface area contributed by atoms with Crippen LogP contribution in [-0.2, 0) is 4.79 Å². The van der Waals surface area contributed by atoms with Gasteiger partial charge in [-0.25, -0.2) is 4.79 Å². The number of nitrogens with one attached hydrogen (secondary N) is 1. The fourth-order valence-electron chi connectivity index (χ4n) is 3.17. The Morgan fingerprint density at radius 3 is 2.43 bits per heavy atom. The molecule has 156 valence electrons. The van der Waals surface area contributed by atoms with Crippen LogP contribution < -0.4 is 15.7 Å². The zero-order chi connectivity index (χ0) is 21.8. The molecule has 1 amide bonds. The van der Waals surface area contributed by atoms with Gasteiger partial charge >= 0.3 is 5.63 Å². The number of hydrogen-bond donors (Lipinski definition) is 3. The molecular formula is C22H20ClNO6. The van der Waals surface area contributed by atoms with Crippen molar-refractivity contribution in [2.45, 2.75) is 19.3 Å². The van der Waals surface area contributed by atoms with Gasteiger partial charge in [0.15, 0.2) is 11.5 Å². The summed E-state index contributed by atoms with van der Waals surface area (Å²) in [4.78, 5) is 25.2. The van der Waals surface area contributed by atoms with Gasteiger partial charge in [0.1, 0.15) is 11.5 Å². The second kappa shape index (κ2) is 8.92. The summed E-state index contributed by atoms with van der Waals surface area (Å²) in [6.07, 6.45) is -0.185. The third kappa shape index (κ3) is 4.75. The zero-order valence-corrected chi connectivity index (χ0v) is 17.1. The molecule has 0 bridgehead atoms. The number of aromatic hydroxyl groups is 2. The highest BCUT2D eigenvalue weighted by Crippen LogP contribution is 2.36. The van der Waals surface area contributed by atoms with E-state index < -0.39 is 17.5 Å². The Morgan fingerprint density at radius 2 is 1.83 bits per heavy atom. The zero-order valence-electron chi connectivity index (χ0n) is 16.3. The molecule has 0 aliphatic carbocycles. The van der Waals surface area contributed by atoms with E-state index in [1.54, 1.807) is 30.3 Å². The van der Waals surface area contributed by atoms with E-state index >= 15 is 0 Å². The Labute approximate surface area is 177 Å². The minimum atomic E-state index is -0.869. The molecule has 30 heavy (non-hydrogen) atoms. The number of hydrogen-bond acceptors (Lipinski definition) is 6. The van der Waals surface area contributed by atoms with Gasteiger partial charge in [-0.2, -0.15) is 0 Å². The molecule has 3 aromatic rings. The van der Waals surface area contributed by atoms with E-state index in [1.165, 1.54) is 32.2 Å². The van der Waals surface area contributed by atoms with E-state index in [9.17, 15) is 19.8 Å². The lowest BCUT2D eigenvalue weighted by molar-refractivity contribution is -0.116. The third-order valence-electron chi connectivity index (χ3n) is 4.56. The van der Waals surface area contributed by atoms with Crippen molar-refractivity contribution in [3.05, 3.63) is 80.9 Å². The fraction of sp³-hybridized carbons (Fsp3) is 0.182. The Balaban J connectivity index is 1.99. The lowest BCUT2D eigenvalue weighted by Crippen LogP contribution is -2.21. The fourth-order valence-corrected chi connectivity index (χ4v) is 3.29. The summed E-state index contributed by atoms with van der Waals surface area (Å²) < 4.78 is 10.2. The first-order valence-corrected chi connectivity index (χ1v) is 9.42. The maximum atomic E-state index is 12.7. The van der Waals surface area contributed by atoms with Crippen LogP contribution in [0.4, 0.5) is 5.69 Å². The molecule has 0 fully saturated rings. The van der Waals surface area contributed by atoms with Crippen molar-refractivity contribution in [1.82, 2.24) is 0 Å². The van der Waals surface area contributed by atoms with E-state index in [-0.39, 0.29) is 35.0 Å². The summed E-state index contributed by atoms with van der Waals surface area (Å²) in [6.45, 7) is 1.53. The molecule has 3 N–H and O–H groups in total. The van der Waals surface area contributed by atoms with Gasteiger partial charge in [0.25, 0.3) is 0 Å². The first kappa shape index (κ1) is 21.3. The van der Waals surface area contributed by atoms with Crippen LogP contribution in [0.1, 0.15) is 29.2 Å². The Hall–Kier alpha value is -3.45. The number of methoxy groups -OCH3 is 1. The second-order valence-electron chi connectivity index (χ2n) is 6.69. The molecule has 3 rings (SSSR count). The van der Waals surface area contributed by atoms with E-state index in [1.807, 2.05) is 0 Å². The molecule has 1 atom stereocenters. The number of anilines is 1. The highest BCUT2D eigenvalue weighted by molar-refractivity contribution is 6.30. The molecule has 2 aromatic carbocycles. The molecule has 7 nitrogen and oxygen atoms in total. The van der Waals surface area contributed by atoms with Crippen molar-refractivity contribution in [1.29, 1.82) is 0 Å². The standard InChI is InChI=1S/C22H20ClNO6/c1-12-9-18(26)21(22(28)30-12)16(13-3-8-19(29-2)17(25)10-13)11-20(27)24-15-6-4-14(23)5-7-15/h3-10,16,25-26H,11H2,1-2H3,(H,24,27). The Kier molecular flexibility index (Phi) is 6.32. The molecule has 8 heteroatoms. The Bertz CT molecular complexity index is 1120. The maximum absolute atomic E-state index is 12.7. The number of carbonyl (C=O) groups excluding carboxylic acids is 1. The molecule has 1 unspecified atom stereocenters. The molecule has 0 saturated carbocycles. The van der Waals surface area contributed by atoms with Crippen molar-refractivity contribution in [3.8, 4) is 17.2 Å². The molecular weight excluding hydrogens is 410 g/mol. The van der Waals surface area contributed by atoms with Crippen molar-refractivity contribution in [2.24, 2.45) is 0 Å². The maximum Gasteiger partial charge on any atom is 0.343 e. The molecule has 0 aliphatic rings. The van der Waals surface area contributed by atoms with Crippen molar-refractivity contribution in [3.63, 3.8) is 0 Å². The summed E-state index contributed by atoms with van der Waals surface area (Å²) in [6, 6.07) is 12.4. The van der Waals surface area contributed by atoms with Crippen molar-refractivity contribution in [2.75, 3.05) is 12.4 Å². The van der Waals surface area contributed by atoms with E-state index in [2.05, 4.69) is 5.32 Å². The normalized spacial score (nSPS) is 11.7. The minimum Gasteiger partial charge on any atom is -0.507 e. The monoisotopic (exact) mass is 429 g/mol. The van der Waals surface area contributed by atoms with Crippen molar-refractivity contribution < 1.29 is 24.2 Å². The van der Waals surface area contributed by atoms with E-state index in [4.69, 9.17) is 20.8 Å². The van der Waals surface area contributed by atoms with Crippen molar-refractivity contribution >= 4 is 23.2 Å². The number of amides is 1. The quantitative estimate of drug-likeness (QED) is 0.542. The molecule has 0 saturated heterocycles. The smallest absolute Gasteiger partial charge is 0.343 e. The summed E-state index contributed by atoms with van der Waals surface area (Å²) in [5.41, 5.74) is 0.135. The topological polar surface area (TPSA) is 109 Å². The van der Waals surface area contributed by atoms with E-state index in [0.717, 1.165) is 0 Å². The number of aryl methyl sites for hydroxylation is 1. The molecule has 0 aliphatic heterocycles. The van der Waals surface area contributed by atoms with Crippen LogP contribution in [0.25, 0.3) is 0 Å². The lowest BCUT2D eigenvalue weighted by atomic mass is 9.88.